The largest absolute Gasteiger partial charge is 0.467 e. The van der Waals surface area contributed by atoms with Gasteiger partial charge in [-0.25, -0.2) is 9.13 Å². The lowest BCUT2D eigenvalue weighted by Crippen LogP contribution is -2.29. The molecule has 0 spiro atoms. The fourth-order valence-corrected chi connectivity index (χ4v) is 8.64. The summed E-state index contributed by atoms with van der Waals surface area (Å²) in [5.74, 6) is 0.606. The Morgan fingerprint density at radius 1 is 0.535 bits per heavy atom. The van der Waals surface area contributed by atoms with Gasteiger partial charge in [-0.2, -0.15) is 0 Å². The minimum absolute atomic E-state index is 0.0984. The Balaban J connectivity index is 1.70. The van der Waals surface area contributed by atoms with Crippen LogP contribution in [-0.2, 0) is 9.13 Å². The maximum absolute atomic E-state index is 15.1. The molecular formula is C31H26N2O8P2. The van der Waals surface area contributed by atoms with Crippen LogP contribution in [0.4, 0.5) is 11.4 Å². The number of benzene rings is 5. The smallest absolute Gasteiger partial charge is 0.414 e. The first-order valence-electron chi connectivity index (χ1n) is 13.0. The molecule has 12 heteroatoms. The van der Waals surface area contributed by atoms with Crippen LogP contribution in [0.5, 0.6) is 23.0 Å². The molecule has 0 aromatic heterocycles. The van der Waals surface area contributed by atoms with Crippen LogP contribution in [0.15, 0.2) is 146 Å². The lowest BCUT2D eigenvalue weighted by atomic mass is 10.3. The fourth-order valence-electron chi connectivity index (χ4n) is 3.94. The quantitative estimate of drug-likeness (QED) is 0.0783. The lowest BCUT2D eigenvalue weighted by Gasteiger charge is -2.33. The van der Waals surface area contributed by atoms with Gasteiger partial charge in [-0.15, -0.1) is 0 Å². The molecular weight excluding hydrogens is 590 g/mol. The summed E-state index contributed by atoms with van der Waals surface area (Å²) in [5.41, 5.74) is -2.00. The average molecular weight is 617 g/mol. The van der Waals surface area contributed by atoms with Gasteiger partial charge in [0.25, 0.3) is 11.2 Å². The number of nitro benzene ring substituents is 1. The number of anilines is 1. The van der Waals surface area contributed by atoms with E-state index in [4.69, 9.17) is 18.1 Å². The highest BCUT2D eigenvalue weighted by Crippen LogP contribution is 2.68. The van der Waals surface area contributed by atoms with Crippen molar-refractivity contribution in [3.8, 4) is 23.0 Å². The van der Waals surface area contributed by atoms with Gasteiger partial charge in [0, 0.05) is 17.8 Å². The molecule has 10 nitrogen and oxygen atoms in total. The average Bonchev–Trinajstić information content (AvgIpc) is 3.02. The van der Waals surface area contributed by atoms with E-state index in [0.29, 0.717) is 0 Å². The van der Waals surface area contributed by atoms with E-state index in [-0.39, 0.29) is 34.4 Å². The Bertz CT molecular complexity index is 1550. The van der Waals surface area contributed by atoms with Gasteiger partial charge in [-0.05, 0) is 54.6 Å². The molecule has 0 fully saturated rings. The molecule has 218 valence electrons. The SMILES string of the molecule is O=[N+]([O-])c1cccc(NC(P(=O)(Oc2ccccc2)Oc2ccccc2)P(=O)(Oc2ccccc2)Oc2ccccc2)c1. The summed E-state index contributed by atoms with van der Waals surface area (Å²) in [4.78, 5) is 11.0. The molecule has 0 radical (unpaired) electrons. The monoisotopic (exact) mass is 616 g/mol. The first kappa shape index (κ1) is 29.5. The highest BCUT2D eigenvalue weighted by molar-refractivity contribution is 7.73. The van der Waals surface area contributed by atoms with Crippen LogP contribution in [0.1, 0.15) is 0 Å². The Kier molecular flexibility index (Phi) is 9.11. The normalized spacial score (nSPS) is 11.4. The predicted octanol–water partition coefficient (Wildman–Crippen LogP) is 8.99. The first-order chi connectivity index (χ1) is 20.8. The van der Waals surface area contributed by atoms with Crippen LogP contribution >= 0.6 is 15.2 Å². The summed E-state index contributed by atoms with van der Waals surface area (Å²) < 4.78 is 54.4. The Morgan fingerprint density at radius 2 is 0.884 bits per heavy atom. The van der Waals surface area contributed by atoms with E-state index in [1.165, 1.54) is 24.3 Å². The zero-order valence-corrected chi connectivity index (χ0v) is 24.3. The van der Waals surface area contributed by atoms with Crippen LogP contribution < -0.4 is 23.4 Å². The summed E-state index contributed by atoms with van der Waals surface area (Å²) >= 11 is 0. The Labute approximate surface area is 248 Å². The molecule has 0 saturated carbocycles. The summed E-state index contributed by atoms with van der Waals surface area (Å²) in [6.07, 6.45) is 0. The van der Waals surface area contributed by atoms with Gasteiger partial charge in [-0.1, -0.05) is 78.9 Å². The fraction of sp³-hybridized carbons (Fsp3) is 0.0323. The number of hydrogen-bond donors (Lipinski definition) is 1. The molecule has 0 bridgehead atoms. The highest BCUT2D eigenvalue weighted by atomic mass is 31.2. The number of rotatable bonds is 13. The van der Waals surface area contributed by atoms with Gasteiger partial charge >= 0.3 is 15.2 Å². The van der Waals surface area contributed by atoms with Gasteiger partial charge in [0.05, 0.1) is 4.92 Å². The maximum atomic E-state index is 15.1. The molecule has 0 saturated heterocycles. The van der Waals surface area contributed by atoms with Crippen LogP contribution in [0, 0.1) is 10.1 Å². The van der Waals surface area contributed by atoms with E-state index in [0.717, 1.165) is 0 Å². The highest BCUT2D eigenvalue weighted by Gasteiger charge is 2.56. The second kappa shape index (κ2) is 13.3. The van der Waals surface area contributed by atoms with E-state index >= 15 is 9.13 Å². The molecule has 0 aliphatic rings. The van der Waals surface area contributed by atoms with E-state index in [2.05, 4.69) is 5.32 Å². The molecule has 5 aromatic rings. The number of nitro groups is 1. The standard InChI is InChI=1S/C31H26N2O8P2/c34-33(35)26-15-13-14-25(24-26)32-31(42(36,38-27-16-5-1-6-17-27)39-28-18-7-2-8-19-28)43(37,40-29-20-9-3-10-21-29)41-30-22-11-4-12-23-30/h1-24,31-32H. The zero-order chi connectivity index (χ0) is 30.1. The molecule has 0 amide bonds. The van der Waals surface area contributed by atoms with E-state index in [9.17, 15) is 10.1 Å². The molecule has 0 aliphatic carbocycles. The van der Waals surface area contributed by atoms with Gasteiger partial charge in [-0.3, -0.25) is 10.1 Å². The van der Waals surface area contributed by atoms with Gasteiger partial charge in [0.15, 0.2) is 0 Å². The third-order valence-corrected chi connectivity index (χ3v) is 10.9. The van der Waals surface area contributed by atoms with Crippen molar-refractivity contribution >= 4 is 26.6 Å². The van der Waals surface area contributed by atoms with Crippen molar-refractivity contribution in [3.05, 3.63) is 156 Å². The molecule has 5 rings (SSSR count). The van der Waals surface area contributed by atoms with Crippen LogP contribution in [0.2, 0.25) is 0 Å². The third-order valence-electron chi connectivity index (χ3n) is 5.86. The summed E-state index contributed by atoms with van der Waals surface area (Å²) in [6.45, 7) is 0. The molecule has 1 N–H and O–H groups in total. The summed E-state index contributed by atoms with van der Waals surface area (Å²) in [6, 6.07) is 38.3. The van der Waals surface area contributed by atoms with Crippen molar-refractivity contribution in [1.82, 2.24) is 0 Å². The van der Waals surface area contributed by atoms with Gasteiger partial charge < -0.3 is 23.4 Å². The lowest BCUT2D eigenvalue weighted by molar-refractivity contribution is -0.384. The number of non-ortho nitro benzene ring substituents is 1. The van der Waals surface area contributed by atoms with Crippen LogP contribution in [0.25, 0.3) is 0 Å². The number of para-hydroxylation sites is 4. The van der Waals surface area contributed by atoms with E-state index in [1.54, 1.807) is 121 Å². The van der Waals surface area contributed by atoms with Crippen molar-refractivity contribution in [2.45, 2.75) is 5.52 Å². The van der Waals surface area contributed by atoms with E-state index < -0.39 is 25.6 Å². The number of nitrogens with zero attached hydrogens (tertiary/aromatic N) is 1. The van der Waals surface area contributed by atoms with E-state index in [1.807, 2.05) is 0 Å². The first-order valence-corrected chi connectivity index (χ1v) is 16.2. The maximum Gasteiger partial charge on any atom is 0.467 e. The second-order valence-electron chi connectivity index (χ2n) is 9.02. The summed E-state index contributed by atoms with van der Waals surface area (Å²) in [5, 5.41) is 14.5. The third kappa shape index (κ3) is 7.63. The Hall–Kier alpha value is -5.04. The molecule has 43 heavy (non-hydrogen) atoms. The van der Waals surface area contributed by atoms with Crippen molar-refractivity contribution in [2.24, 2.45) is 0 Å². The molecule has 0 heterocycles. The number of hydrogen-bond acceptors (Lipinski definition) is 9. The minimum atomic E-state index is -4.67. The van der Waals surface area contributed by atoms with Crippen LogP contribution in [-0.4, -0.2) is 10.4 Å². The molecule has 0 unspecified atom stereocenters. The Morgan fingerprint density at radius 3 is 1.21 bits per heavy atom. The molecule has 0 atom stereocenters. The predicted molar refractivity (Wildman–Crippen MR) is 164 cm³/mol. The van der Waals surface area contributed by atoms with Crippen LogP contribution in [0.3, 0.4) is 0 Å². The zero-order valence-electron chi connectivity index (χ0n) is 22.5. The summed E-state index contributed by atoms with van der Waals surface area (Å²) in [7, 11) is -9.33. The minimum Gasteiger partial charge on any atom is -0.414 e. The second-order valence-corrected chi connectivity index (χ2v) is 13.4. The number of nitrogens with one attached hydrogen (secondary N) is 1. The molecule has 5 aromatic carbocycles. The molecule has 0 aliphatic heterocycles. The van der Waals surface area contributed by atoms with Crippen molar-refractivity contribution in [1.29, 1.82) is 0 Å². The van der Waals surface area contributed by atoms with Gasteiger partial charge in [0.1, 0.15) is 23.0 Å². The van der Waals surface area contributed by atoms with Gasteiger partial charge in [0.2, 0.25) is 0 Å². The van der Waals surface area contributed by atoms with Crippen molar-refractivity contribution in [3.63, 3.8) is 0 Å². The topological polar surface area (TPSA) is 126 Å². The van der Waals surface area contributed by atoms with Crippen molar-refractivity contribution in [2.75, 3.05) is 5.32 Å². The van der Waals surface area contributed by atoms with Crippen molar-refractivity contribution < 1.29 is 32.1 Å².